The van der Waals surface area contributed by atoms with Crippen LogP contribution in [0, 0.1) is 6.92 Å². The summed E-state index contributed by atoms with van der Waals surface area (Å²) in [5, 5.41) is 10.3. The molecule has 0 saturated heterocycles. The molecule has 122 valence electrons. The van der Waals surface area contributed by atoms with Crippen LogP contribution >= 0.6 is 23.7 Å². The summed E-state index contributed by atoms with van der Waals surface area (Å²) in [6.45, 7) is 4.08. The number of hydrogen-bond donors (Lipinski definition) is 1. The van der Waals surface area contributed by atoms with Crippen LogP contribution < -0.4 is 5.32 Å². The van der Waals surface area contributed by atoms with E-state index in [0.717, 1.165) is 28.2 Å². The topological polar surface area (TPSA) is 63.8 Å². The number of hydrogen-bond acceptors (Lipinski definition) is 6. The lowest BCUT2D eigenvalue weighted by Gasteiger charge is -2.04. The number of benzene rings is 1. The molecular weight excluding hydrogens is 332 g/mol. The summed E-state index contributed by atoms with van der Waals surface area (Å²) in [6, 6.07) is 8.36. The maximum atomic E-state index is 5.39. The lowest BCUT2D eigenvalue weighted by Crippen LogP contribution is -2.24. The van der Waals surface area contributed by atoms with Crippen LogP contribution in [0.25, 0.3) is 22.0 Å². The highest BCUT2D eigenvalue weighted by molar-refractivity contribution is 7.13. The van der Waals surface area contributed by atoms with Crippen molar-refractivity contribution in [2.45, 2.75) is 26.3 Å². The number of nitrogens with one attached hydrogen (secondary N) is 1. The summed E-state index contributed by atoms with van der Waals surface area (Å²) in [6.07, 6.45) is 0.741. The van der Waals surface area contributed by atoms with Crippen molar-refractivity contribution in [2.24, 2.45) is 0 Å². The fourth-order valence-electron chi connectivity index (χ4n) is 2.10. The van der Waals surface area contributed by atoms with Gasteiger partial charge in [-0.1, -0.05) is 17.3 Å². The minimum absolute atomic E-state index is 0. The van der Waals surface area contributed by atoms with Crippen molar-refractivity contribution >= 4 is 23.7 Å². The number of halogens is 1. The fourth-order valence-corrected chi connectivity index (χ4v) is 2.90. The van der Waals surface area contributed by atoms with Crippen LogP contribution in [0.3, 0.4) is 0 Å². The lowest BCUT2D eigenvalue weighted by atomic mass is 10.1. The van der Waals surface area contributed by atoms with Crippen molar-refractivity contribution < 1.29 is 4.52 Å². The number of rotatable bonds is 5. The maximum absolute atomic E-state index is 5.39. The second kappa shape index (κ2) is 7.68. The molecule has 2 heterocycles. The Labute approximate surface area is 145 Å². The van der Waals surface area contributed by atoms with E-state index in [2.05, 4.69) is 27.4 Å². The van der Waals surface area contributed by atoms with Crippen LogP contribution in [0.2, 0.25) is 0 Å². The van der Waals surface area contributed by atoms with Gasteiger partial charge in [0.25, 0.3) is 5.89 Å². The first-order valence-corrected chi connectivity index (χ1v) is 8.06. The summed E-state index contributed by atoms with van der Waals surface area (Å²) in [5.41, 5.74) is 3.02. The van der Waals surface area contributed by atoms with Crippen molar-refractivity contribution in [1.29, 1.82) is 0 Å². The SMILES string of the molecule is CNC(C)Cc1noc(-c2cccc(-c3nc(C)cs3)c2)n1.Cl. The molecule has 0 saturated carbocycles. The van der Waals surface area contributed by atoms with Gasteiger partial charge in [-0.15, -0.1) is 23.7 Å². The number of likely N-dealkylation sites (N-methyl/N-ethyl adjacent to an activating group) is 1. The van der Waals surface area contributed by atoms with Crippen molar-refractivity contribution in [3.63, 3.8) is 0 Å². The van der Waals surface area contributed by atoms with Crippen molar-refractivity contribution in [1.82, 2.24) is 20.4 Å². The molecule has 1 unspecified atom stereocenters. The molecule has 0 aliphatic heterocycles. The third kappa shape index (κ3) is 4.16. The molecule has 0 fully saturated rings. The highest BCUT2D eigenvalue weighted by atomic mass is 35.5. The minimum atomic E-state index is 0. The standard InChI is InChI=1S/C16H18N4OS.ClH/c1-10(17-3)7-14-19-15(21-20-14)12-5-4-6-13(8-12)16-18-11(2)9-22-16;/h4-6,8-10,17H,7H2,1-3H3;1H. The molecule has 3 aromatic rings. The van der Waals surface area contributed by atoms with E-state index < -0.39 is 0 Å². The Balaban J connectivity index is 0.00000192. The summed E-state index contributed by atoms with van der Waals surface area (Å²) < 4.78 is 5.39. The average molecular weight is 351 g/mol. The molecule has 7 heteroatoms. The lowest BCUT2D eigenvalue weighted by molar-refractivity contribution is 0.418. The molecule has 0 amide bonds. The molecule has 0 bridgehead atoms. The van der Waals surface area contributed by atoms with E-state index in [4.69, 9.17) is 4.52 Å². The van der Waals surface area contributed by atoms with Gasteiger partial charge in [-0.3, -0.25) is 0 Å². The molecule has 1 atom stereocenters. The molecule has 2 aromatic heterocycles. The predicted octanol–water partition coefficient (Wildman–Crippen LogP) is 3.74. The van der Waals surface area contributed by atoms with Gasteiger partial charge >= 0.3 is 0 Å². The first-order valence-electron chi connectivity index (χ1n) is 7.18. The van der Waals surface area contributed by atoms with Gasteiger partial charge < -0.3 is 9.84 Å². The summed E-state index contributed by atoms with van der Waals surface area (Å²) in [7, 11) is 1.92. The first-order chi connectivity index (χ1) is 10.7. The third-order valence-corrected chi connectivity index (χ3v) is 4.43. The van der Waals surface area contributed by atoms with Gasteiger partial charge in [0.15, 0.2) is 5.82 Å². The molecule has 1 aromatic carbocycles. The van der Waals surface area contributed by atoms with Crippen LogP contribution in [0.4, 0.5) is 0 Å². The van der Waals surface area contributed by atoms with E-state index in [1.165, 1.54) is 0 Å². The van der Waals surface area contributed by atoms with Gasteiger partial charge in [0.2, 0.25) is 0 Å². The normalized spacial score (nSPS) is 12.0. The Kier molecular flexibility index (Phi) is 5.87. The Hall–Kier alpha value is -1.76. The van der Waals surface area contributed by atoms with Gasteiger partial charge in [0.1, 0.15) is 5.01 Å². The van der Waals surface area contributed by atoms with E-state index >= 15 is 0 Å². The summed E-state index contributed by atoms with van der Waals surface area (Å²) >= 11 is 1.64. The van der Waals surface area contributed by atoms with E-state index in [-0.39, 0.29) is 12.4 Å². The van der Waals surface area contributed by atoms with Crippen molar-refractivity contribution in [3.05, 3.63) is 41.2 Å². The maximum Gasteiger partial charge on any atom is 0.257 e. The molecule has 0 radical (unpaired) electrons. The zero-order valence-corrected chi connectivity index (χ0v) is 14.9. The van der Waals surface area contributed by atoms with Crippen LogP contribution in [0.1, 0.15) is 18.4 Å². The Morgan fingerprint density at radius 2 is 2.04 bits per heavy atom. The molecule has 3 rings (SSSR count). The van der Waals surface area contributed by atoms with Gasteiger partial charge in [-0.05, 0) is 33.0 Å². The van der Waals surface area contributed by atoms with Gasteiger partial charge in [-0.2, -0.15) is 4.98 Å². The monoisotopic (exact) mass is 350 g/mol. The Bertz CT molecular complexity index is 771. The number of aromatic nitrogens is 3. The van der Waals surface area contributed by atoms with Crippen LogP contribution in [0.15, 0.2) is 34.2 Å². The number of aryl methyl sites for hydroxylation is 1. The largest absolute Gasteiger partial charge is 0.334 e. The van der Waals surface area contributed by atoms with E-state index in [0.29, 0.717) is 17.8 Å². The average Bonchev–Trinajstić information content (AvgIpc) is 3.16. The summed E-state index contributed by atoms with van der Waals surface area (Å²) in [5.74, 6) is 1.26. The minimum Gasteiger partial charge on any atom is -0.334 e. The molecule has 23 heavy (non-hydrogen) atoms. The Morgan fingerprint density at radius 3 is 2.74 bits per heavy atom. The molecular formula is C16H19ClN4OS. The smallest absolute Gasteiger partial charge is 0.257 e. The third-order valence-electron chi connectivity index (χ3n) is 3.43. The predicted molar refractivity (Wildman–Crippen MR) is 95.1 cm³/mol. The van der Waals surface area contributed by atoms with Gasteiger partial charge in [0, 0.05) is 34.7 Å². The molecule has 0 spiro atoms. The van der Waals surface area contributed by atoms with Crippen LogP contribution in [-0.2, 0) is 6.42 Å². The molecule has 0 aliphatic rings. The van der Waals surface area contributed by atoms with Crippen molar-refractivity contribution in [3.8, 4) is 22.0 Å². The van der Waals surface area contributed by atoms with E-state index in [1.807, 2.05) is 43.6 Å². The van der Waals surface area contributed by atoms with E-state index in [9.17, 15) is 0 Å². The highest BCUT2D eigenvalue weighted by Crippen LogP contribution is 2.27. The number of thiazole rings is 1. The quantitative estimate of drug-likeness (QED) is 0.759. The second-order valence-electron chi connectivity index (χ2n) is 5.28. The highest BCUT2D eigenvalue weighted by Gasteiger charge is 2.12. The zero-order valence-electron chi connectivity index (χ0n) is 13.2. The Morgan fingerprint density at radius 1 is 1.26 bits per heavy atom. The van der Waals surface area contributed by atoms with Crippen LogP contribution in [-0.4, -0.2) is 28.2 Å². The fraction of sp³-hybridized carbons (Fsp3) is 0.312. The summed E-state index contributed by atoms with van der Waals surface area (Å²) in [4.78, 5) is 8.99. The second-order valence-corrected chi connectivity index (χ2v) is 6.14. The molecule has 5 nitrogen and oxygen atoms in total. The van der Waals surface area contributed by atoms with Crippen LogP contribution in [0.5, 0.6) is 0 Å². The zero-order chi connectivity index (χ0) is 15.5. The molecule has 1 N–H and O–H groups in total. The first kappa shape index (κ1) is 17.6. The number of nitrogens with zero attached hydrogens (tertiary/aromatic N) is 3. The van der Waals surface area contributed by atoms with Crippen molar-refractivity contribution in [2.75, 3.05) is 7.05 Å². The molecule has 0 aliphatic carbocycles. The van der Waals surface area contributed by atoms with E-state index in [1.54, 1.807) is 11.3 Å². The van der Waals surface area contributed by atoms with Gasteiger partial charge in [-0.25, -0.2) is 4.98 Å². The van der Waals surface area contributed by atoms with Gasteiger partial charge in [0.05, 0.1) is 0 Å².